The van der Waals surface area contributed by atoms with Crippen LogP contribution in [0.25, 0.3) is 0 Å². The first kappa shape index (κ1) is 25.3. The molecule has 1 atom stereocenters. The Morgan fingerprint density at radius 2 is 1.94 bits per heavy atom. The Kier molecular flexibility index (Phi) is 8.63. The molecule has 0 spiro atoms. The third kappa shape index (κ3) is 7.36. The number of anilines is 1. The van der Waals surface area contributed by atoms with Gasteiger partial charge in [-0.2, -0.15) is 0 Å². The fraction of sp³-hybridized carbons (Fsp3) is 0.227. The van der Waals surface area contributed by atoms with Gasteiger partial charge in [-0.25, -0.2) is 18.7 Å². The lowest BCUT2D eigenvalue weighted by Crippen LogP contribution is -2.35. The molecule has 33 heavy (non-hydrogen) atoms. The maximum atomic E-state index is 14.5. The average Bonchev–Trinajstić information content (AvgIpc) is 2.75. The molecular formula is C22H19ClF3IN2O4. The van der Waals surface area contributed by atoms with Crippen LogP contribution in [-0.2, 0) is 9.63 Å². The lowest BCUT2D eigenvalue weighted by Gasteiger charge is -2.24. The number of rotatable bonds is 9. The Labute approximate surface area is 206 Å². The molecular weight excluding hydrogens is 576 g/mol. The van der Waals surface area contributed by atoms with Crippen LogP contribution in [0.15, 0.2) is 71.7 Å². The number of allylic oxidation sites excluding steroid dienone is 2. The second-order valence-electron chi connectivity index (χ2n) is 7.04. The molecule has 0 saturated carbocycles. The van der Waals surface area contributed by atoms with Crippen LogP contribution < -0.4 is 15.5 Å². The van der Waals surface area contributed by atoms with Crippen LogP contribution in [0.1, 0.15) is 6.42 Å². The summed E-state index contributed by atoms with van der Waals surface area (Å²) >= 11 is 8.15. The Balaban J connectivity index is 1.62. The van der Waals surface area contributed by atoms with Gasteiger partial charge in [-0.3, -0.25) is 9.63 Å². The zero-order valence-electron chi connectivity index (χ0n) is 17.0. The maximum Gasteiger partial charge on any atom is 0.276 e. The van der Waals surface area contributed by atoms with Crippen molar-refractivity contribution in [2.75, 3.05) is 18.5 Å². The minimum atomic E-state index is -3.57. The lowest BCUT2D eigenvalue weighted by molar-refractivity contribution is -0.132. The van der Waals surface area contributed by atoms with Crippen LogP contribution in [0.3, 0.4) is 0 Å². The minimum Gasteiger partial charge on any atom is -0.491 e. The number of aliphatic hydroxyl groups excluding tert-OH is 1. The SMILES string of the molecule is O=C(NOCC(O)COc1ccccc1)C1=CC(F)(F)CC(F)=C1Nc1ccc(I)cc1Cl. The Morgan fingerprint density at radius 1 is 1.21 bits per heavy atom. The number of ether oxygens (including phenoxy) is 1. The fourth-order valence-electron chi connectivity index (χ4n) is 2.83. The van der Waals surface area contributed by atoms with Gasteiger partial charge in [0.1, 0.15) is 30.9 Å². The van der Waals surface area contributed by atoms with Crippen molar-refractivity contribution in [3.63, 3.8) is 0 Å². The highest BCUT2D eigenvalue weighted by Crippen LogP contribution is 2.37. The Hall–Kier alpha value is -2.28. The molecule has 1 amide bonds. The number of carbonyl (C=O) groups excluding carboxylic acids is 1. The smallest absolute Gasteiger partial charge is 0.276 e. The molecule has 3 rings (SSSR count). The Morgan fingerprint density at radius 3 is 2.64 bits per heavy atom. The molecule has 0 fully saturated rings. The summed E-state index contributed by atoms with van der Waals surface area (Å²) < 4.78 is 48.6. The van der Waals surface area contributed by atoms with E-state index in [1.54, 1.807) is 42.5 Å². The summed E-state index contributed by atoms with van der Waals surface area (Å²) in [5.74, 6) is -5.37. The first-order valence-corrected chi connectivity index (χ1v) is 11.1. The molecule has 3 N–H and O–H groups in total. The minimum absolute atomic E-state index is 0.132. The van der Waals surface area contributed by atoms with Gasteiger partial charge in [0.2, 0.25) is 0 Å². The molecule has 2 aromatic rings. The molecule has 6 nitrogen and oxygen atoms in total. The highest BCUT2D eigenvalue weighted by atomic mass is 127. The van der Waals surface area contributed by atoms with Crippen LogP contribution >= 0.6 is 34.2 Å². The number of para-hydroxylation sites is 1. The number of nitrogens with one attached hydrogen (secondary N) is 2. The van der Waals surface area contributed by atoms with E-state index in [9.17, 15) is 23.1 Å². The monoisotopic (exact) mass is 594 g/mol. The third-order valence-corrected chi connectivity index (χ3v) is 5.33. The molecule has 0 heterocycles. The van der Waals surface area contributed by atoms with Crippen molar-refractivity contribution in [1.82, 2.24) is 5.48 Å². The largest absolute Gasteiger partial charge is 0.491 e. The average molecular weight is 595 g/mol. The van der Waals surface area contributed by atoms with E-state index in [1.165, 1.54) is 6.07 Å². The molecule has 11 heteroatoms. The van der Waals surface area contributed by atoms with Crippen molar-refractivity contribution >= 4 is 45.8 Å². The molecule has 176 valence electrons. The predicted octanol–water partition coefficient (Wildman–Crippen LogP) is 4.99. The number of amides is 1. The summed E-state index contributed by atoms with van der Waals surface area (Å²) in [5, 5.41) is 12.8. The van der Waals surface area contributed by atoms with E-state index < -0.39 is 41.5 Å². The second kappa shape index (κ2) is 11.2. The molecule has 0 radical (unpaired) electrons. The van der Waals surface area contributed by atoms with Crippen LogP contribution in [-0.4, -0.2) is 36.3 Å². The van der Waals surface area contributed by atoms with E-state index >= 15 is 0 Å². The van der Waals surface area contributed by atoms with Gasteiger partial charge < -0.3 is 15.2 Å². The van der Waals surface area contributed by atoms with Gasteiger partial charge in [0.25, 0.3) is 11.8 Å². The van der Waals surface area contributed by atoms with Crippen molar-refractivity contribution < 1.29 is 32.6 Å². The summed E-state index contributed by atoms with van der Waals surface area (Å²) in [7, 11) is 0. The summed E-state index contributed by atoms with van der Waals surface area (Å²) in [4.78, 5) is 17.4. The topological polar surface area (TPSA) is 79.8 Å². The number of hydrogen-bond donors (Lipinski definition) is 3. The standard InChI is InChI=1S/C22H19ClF3IN2O4/c23-17-8-13(27)6-7-19(17)28-20-16(9-22(25,26)10-18(20)24)21(31)29-33-12-14(30)11-32-15-4-2-1-3-5-15/h1-9,14,28,30H,10-12H2,(H,29,31). The van der Waals surface area contributed by atoms with E-state index in [2.05, 4.69) is 5.32 Å². The van der Waals surface area contributed by atoms with Crippen LogP contribution in [0, 0.1) is 3.57 Å². The molecule has 0 aliphatic heterocycles. The summed E-state index contributed by atoms with van der Waals surface area (Å²) in [6, 6.07) is 13.5. The van der Waals surface area contributed by atoms with E-state index in [0.717, 1.165) is 3.57 Å². The number of aliphatic hydroxyl groups is 1. The van der Waals surface area contributed by atoms with Crippen molar-refractivity contribution in [3.8, 4) is 5.75 Å². The van der Waals surface area contributed by atoms with E-state index in [4.69, 9.17) is 21.2 Å². The molecule has 0 aromatic heterocycles. The number of hydrogen-bond acceptors (Lipinski definition) is 5. The van der Waals surface area contributed by atoms with Gasteiger partial charge in [-0.1, -0.05) is 29.8 Å². The first-order chi connectivity index (χ1) is 15.6. The predicted molar refractivity (Wildman–Crippen MR) is 126 cm³/mol. The molecule has 1 aliphatic rings. The highest BCUT2D eigenvalue weighted by Gasteiger charge is 2.38. The quantitative estimate of drug-likeness (QED) is 0.282. The zero-order chi connectivity index (χ0) is 24.0. The summed E-state index contributed by atoms with van der Waals surface area (Å²) in [6.07, 6.45) is -1.97. The number of carbonyl (C=O) groups is 1. The number of alkyl halides is 2. The molecule has 2 aromatic carbocycles. The highest BCUT2D eigenvalue weighted by molar-refractivity contribution is 14.1. The lowest BCUT2D eigenvalue weighted by atomic mass is 9.98. The summed E-state index contributed by atoms with van der Waals surface area (Å²) in [5.41, 5.74) is 1.08. The van der Waals surface area contributed by atoms with Gasteiger partial charge in [-0.05, 0) is 59.0 Å². The Bertz CT molecular complexity index is 1070. The first-order valence-electron chi connectivity index (χ1n) is 9.64. The van der Waals surface area contributed by atoms with Crippen LogP contribution in [0.4, 0.5) is 18.9 Å². The fourth-order valence-corrected chi connectivity index (χ4v) is 3.73. The third-order valence-electron chi connectivity index (χ3n) is 4.35. The van der Waals surface area contributed by atoms with E-state index in [-0.39, 0.29) is 23.9 Å². The number of halogens is 5. The van der Waals surface area contributed by atoms with Gasteiger partial charge in [-0.15, -0.1) is 0 Å². The van der Waals surface area contributed by atoms with Crippen LogP contribution in [0.2, 0.25) is 5.02 Å². The van der Waals surface area contributed by atoms with E-state index in [1.807, 2.05) is 28.1 Å². The van der Waals surface area contributed by atoms with Crippen molar-refractivity contribution in [2.24, 2.45) is 0 Å². The van der Waals surface area contributed by atoms with Gasteiger partial charge in [0.15, 0.2) is 0 Å². The van der Waals surface area contributed by atoms with Crippen LogP contribution in [0.5, 0.6) is 5.75 Å². The normalized spacial score (nSPS) is 16.1. The second-order valence-corrected chi connectivity index (χ2v) is 8.70. The zero-order valence-corrected chi connectivity index (χ0v) is 19.9. The molecule has 0 bridgehead atoms. The molecule has 1 aliphatic carbocycles. The van der Waals surface area contributed by atoms with Crippen molar-refractivity contribution in [3.05, 3.63) is 80.3 Å². The van der Waals surface area contributed by atoms with Crippen molar-refractivity contribution in [2.45, 2.75) is 18.4 Å². The van der Waals surface area contributed by atoms with Gasteiger partial charge >= 0.3 is 0 Å². The molecule has 0 saturated heterocycles. The molecule has 1 unspecified atom stereocenters. The number of benzene rings is 2. The maximum absolute atomic E-state index is 14.5. The number of hydroxylamine groups is 1. The van der Waals surface area contributed by atoms with Gasteiger partial charge in [0, 0.05) is 3.57 Å². The van der Waals surface area contributed by atoms with Crippen molar-refractivity contribution in [1.29, 1.82) is 0 Å². The van der Waals surface area contributed by atoms with E-state index in [0.29, 0.717) is 11.8 Å². The van der Waals surface area contributed by atoms with Gasteiger partial charge in [0.05, 0.1) is 28.4 Å². The summed E-state index contributed by atoms with van der Waals surface area (Å²) in [6.45, 7) is -0.520.